The number of anilines is 1. The van der Waals surface area contributed by atoms with Gasteiger partial charge in [-0.05, 0) is 43.7 Å². The summed E-state index contributed by atoms with van der Waals surface area (Å²) in [6.45, 7) is 1.21. The fourth-order valence-corrected chi connectivity index (χ4v) is 2.50. The summed E-state index contributed by atoms with van der Waals surface area (Å²) in [6, 6.07) is 5.88. The third-order valence-corrected chi connectivity index (χ3v) is 3.64. The number of carbonyl (C=O) groups excluding carboxylic acids is 1. The molecule has 0 radical (unpaired) electrons. The van der Waals surface area contributed by atoms with E-state index >= 15 is 0 Å². The van der Waals surface area contributed by atoms with Crippen molar-refractivity contribution in [1.82, 2.24) is 4.90 Å². The maximum atomic E-state index is 12.0. The Kier molecular flexibility index (Phi) is 5.11. The van der Waals surface area contributed by atoms with Crippen molar-refractivity contribution in [2.45, 2.75) is 12.8 Å². The number of piperidine rings is 1. The number of hydrogen-bond donors (Lipinski definition) is 3. The van der Waals surface area contributed by atoms with E-state index < -0.39 is 17.9 Å². The van der Waals surface area contributed by atoms with Crippen LogP contribution in [0.5, 0.6) is 0 Å². The molecule has 0 aliphatic carbocycles. The molecule has 0 saturated carbocycles. The zero-order valence-electron chi connectivity index (χ0n) is 12.0. The first-order valence-corrected chi connectivity index (χ1v) is 7.04. The number of nitrogens with one attached hydrogen (secondary N) is 1. The van der Waals surface area contributed by atoms with E-state index in [9.17, 15) is 14.4 Å². The number of hydrogen-bond acceptors (Lipinski definition) is 4. The van der Waals surface area contributed by atoms with Crippen LogP contribution in [0.1, 0.15) is 23.2 Å². The van der Waals surface area contributed by atoms with Gasteiger partial charge < -0.3 is 15.5 Å². The molecular weight excluding hydrogens is 288 g/mol. The highest BCUT2D eigenvalue weighted by Crippen LogP contribution is 2.16. The third kappa shape index (κ3) is 4.29. The molecular formula is C15H18N2O5. The summed E-state index contributed by atoms with van der Waals surface area (Å²) in [5.41, 5.74) is 0.667. The van der Waals surface area contributed by atoms with Crippen molar-refractivity contribution in [2.75, 3.05) is 25.0 Å². The molecule has 22 heavy (non-hydrogen) atoms. The maximum Gasteiger partial charge on any atom is 0.335 e. The second kappa shape index (κ2) is 7.04. The molecule has 1 heterocycles. The van der Waals surface area contributed by atoms with Crippen molar-refractivity contribution >= 4 is 23.5 Å². The zero-order chi connectivity index (χ0) is 16.1. The summed E-state index contributed by atoms with van der Waals surface area (Å²) in [5.74, 6) is -2.51. The molecule has 0 aromatic heterocycles. The van der Waals surface area contributed by atoms with Crippen LogP contribution in [0.2, 0.25) is 0 Å². The molecule has 7 nitrogen and oxygen atoms in total. The monoisotopic (exact) mass is 306 g/mol. The molecule has 1 amide bonds. The zero-order valence-corrected chi connectivity index (χ0v) is 12.0. The number of carbonyl (C=O) groups is 3. The highest BCUT2D eigenvalue weighted by atomic mass is 16.4. The van der Waals surface area contributed by atoms with Gasteiger partial charge in [-0.15, -0.1) is 0 Å². The van der Waals surface area contributed by atoms with E-state index in [1.54, 1.807) is 0 Å². The number of carboxylic acid groups (broad SMARTS) is 2. The largest absolute Gasteiger partial charge is 0.481 e. The van der Waals surface area contributed by atoms with E-state index in [2.05, 4.69) is 5.32 Å². The van der Waals surface area contributed by atoms with Gasteiger partial charge in [-0.3, -0.25) is 14.5 Å². The van der Waals surface area contributed by atoms with Crippen LogP contribution in [0.15, 0.2) is 24.3 Å². The fourth-order valence-electron chi connectivity index (χ4n) is 2.50. The molecule has 1 aliphatic rings. The lowest BCUT2D eigenvalue weighted by atomic mass is 9.98. The van der Waals surface area contributed by atoms with E-state index in [0.717, 1.165) is 6.42 Å². The van der Waals surface area contributed by atoms with E-state index in [4.69, 9.17) is 10.2 Å². The van der Waals surface area contributed by atoms with Gasteiger partial charge in [-0.2, -0.15) is 0 Å². The summed E-state index contributed by atoms with van der Waals surface area (Å²) in [7, 11) is 0. The second-order valence-corrected chi connectivity index (χ2v) is 5.34. The summed E-state index contributed by atoms with van der Waals surface area (Å²) < 4.78 is 0. The van der Waals surface area contributed by atoms with Gasteiger partial charge >= 0.3 is 11.9 Å². The van der Waals surface area contributed by atoms with E-state index in [-0.39, 0.29) is 18.0 Å². The molecule has 3 N–H and O–H groups in total. The Morgan fingerprint density at radius 1 is 1.18 bits per heavy atom. The van der Waals surface area contributed by atoms with Crippen LogP contribution in [0.25, 0.3) is 0 Å². The number of likely N-dealkylation sites (tertiary alicyclic amines) is 1. The lowest BCUT2D eigenvalue weighted by Gasteiger charge is -2.29. The molecule has 1 unspecified atom stereocenters. The minimum absolute atomic E-state index is 0.129. The Morgan fingerprint density at radius 2 is 1.86 bits per heavy atom. The number of nitrogens with zero attached hydrogens (tertiary/aromatic N) is 1. The number of carboxylic acids is 2. The Balaban J connectivity index is 1.87. The molecule has 1 aromatic carbocycles. The molecule has 1 fully saturated rings. The quantitative estimate of drug-likeness (QED) is 0.752. The summed E-state index contributed by atoms with van der Waals surface area (Å²) in [6.07, 6.45) is 1.40. The minimum atomic E-state index is -1.02. The molecule has 0 spiro atoms. The van der Waals surface area contributed by atoms with Crippen molar-refractivity contribution < 1.29 is 24.6 Å². The third-order valence-electron chi connectivity index (χ3n) is 3.64. The van der Waals surface area contributed by atoms with Crippen LogP contribution < -0.4 is 5.32 Å². The number of aromatic carboxylic acids is 1. The molecule has 0 bridgehead atoms. The number of aliphatic carboxylic acids is 1. The van der Waals surface area contributed by atoms with Crippen LogP contribution in [-0.2, 0) is 9.59 Å². The van der Waals surface area contributed by atoms with Gasteiger partial charge in [0, 0.05) is 12.2 Å². The van der Waals surface area contributed by atoms with Gasteiger partial charge in [0.2, 0.25) is 5.91 Å². The first-order valence-electron chi connectivity index (χ1n) is 7.04. The van der Waals surface area contributed by atoms with Crippen molar-refractivity contribution in [2.24, 2.45) is 5.92 Å². The smallest absolute Gasteiger partial charge is 0.335 e. The fraction of sp³-hybridized carbons (Fsp3) is 0.400. The first-order chi connectivity index (χ1) is 10.5. The SMILES string of the molecule is O=C(CN1CCCC(C(=O)O)C1)Nc1ccc(C(=O)O)cc1. The van der Waals surface area contributed by atoms with Crippen molar-refractivity contribution in [3.8, 4) is 0 Å². The van der Waals surface area contributed by atoms with Gasteiger partial charge in [-0.1, -0.05) is 0 Å². The van der Waals surface area contributed by atoms with Crippen LogP contribution in [0.3, 0.4) is 0 Å². The standard InChI is InChI=1S/C15H18N2O5/c18-13(9-17-7-1-2-11(8-17)15(21)22)16-12-5-3-10(4-6-12)14(19)20/h3-6,11H,1-2,7-9H2,(H,16,18)(H,19,20)(H,21,22). The summed E-state index contributed by atoms with van der Waals surface area (Å²) in [4.78, 5) is 35.5. The molecule has 2 rings (SSSR count). The van der Waals surface area contributed by atoms with Gasteiger partial charge in [0.15, 0.2) is 0 Å². The molecule has 1 aromatic rings. The van der Waals surface area contributed by atoms with E-state index in [1.165, 1.54) is 24.3 Å². The predicted molar refractivity (Wildman–Crippen MR) is 78.8 cm³/mol. The average Bonchev–Trinajstić information content (AvgIpc) is 2.47. The lowest BCUT2D eigenvalue weighted by molar-refractivity contribution is -0.144. The van der Waals surface area contributed by atoms with E-state index in [0.29, 0.717) is 25.2 Å². The number of amides is 1. The topological polar surface area (TPSA) is 107 Å². The second-order valence-electron chi connectivity index (χ2n) is 5.34. The van der Waals surface area contributed by atoms with Crippen LogP contribution in [-0.4, -0.2) is 52.6 Å². The van der Waals surface area contributed by atoms with Crippen molar-refractivity contribution in [1.29, 1.82) is 0 Å². The van der Waals surface area contributed by atoms with Gasteiger partial charge in [0.1, 0.15) is 0 Å². The Labute approximate surface area is 127 Å². The van der Waals surface area contributed by atoms with Gasteiger partial charge in [0.25, 0.3) is 0 Å². The lowest BCUT2D eigenvalue weighted by Crippen LogP contribution is -2.42. The summed E-state index contributed by atoms with van der Waals surface area (Å²) in [5, 5.41) is 20.5. The van der Waals surface area contributed by atoms with Crippen LogP contribution in [0, 0.1) is 5.92 Å². The normalized spacial score (nSPS) is 18.6. The van der Waals surface area contributed by atoms with Crippen molar-refractivity contribution in [3.05, 3.63) is 29.8 Å². The van der Waals surface area contributed by atoms with Crippen LogP contribution >= 0.6 is 0 Å². The van der Waals surface area contributed by atoms with Gasteiger partial charge in [0.05, 0.1) is 18.0 Å². The van der Waals surface area contributed by atoms with Crippen molar-refractivity contribution in [3.63, 3.8) is 0 Å². The average molecular weight is 306 g/mol. The predicted octanol–water partition coefficient (Wildman–Crippen LogP) is 1.12. The number of benzene rings is 1. The maximum absolute atomic E-state index is 12.0. The first kappa shape index (κ1) is 16.0. The molecule has 1 aliphatic heterocycles. The highest BCUT2D eigenvalue weighted by Gasteiger charge is 2.26. The molecule has 1 atom stereocenters. The molecule has 1 saturated heterocycles. The Morgan fingerprint density at radius 3 is 2.45 bits per heavy atom. The number of rotatable bonds is 5. The summed E-state index contributed by atoms with van der Waals surface area (Å²) >= 11 is 0. The van der Waals surface area contributed by atoms with Crippen LogP contribution in [0.4, 0.5) is 5.69 Å². The molecule has 118 valence electrons. The molecule has 7 heteroatoms. The van der Waals surface area contributed by atoms with Gasteiger partial charge in [-0.25, -0.2) is 4.79 Å². The highest BCUT2D eigenvalue weighted by molar-refractivity contribution is 5.93. The minimum Gasteiger partial charge on any atom is -0.481 e. The Hall–Kier alpha value is -2.41. The van der Waals surface area contributed by atoms with E-state index in [1.807, 2.05) is 4.90 Å². The Bertz CT molecular complexity index is 570.